The van der Waals surface area contributed by atoms with Crippen LogP contribution < -0.4 is 14.9 Å². The van der Waals surface area contributed by atoms with Crippen molar-refractivity contribution < 1.29 is 31.8 Å². The highest BCUT2D eigenvalue weighted by Gasteiger charge is 2.26. The predicted molar refractivity (Wildman–Crippen MR) is 171 cm³/mol. The van der Waals surface area contributed by atoms with Gasteiger partial charge in [0.05, 0.1) is 28.8 Å². The molecule has 2 aromatic carbocycles. The second-order valence-electron chi connectivity index (χ2n) is 10.4. The van der Waals surface area contributed by atoms with Crippen LogP contribution >= 0.6 is 11.6 Å². The van der Waals surface area contributed by atoms with Crippen molar-refractivity contribution >= 4 is 44.5 Å². The topological polar surface area (TPSA) is 186 Å². The lowest BCUT2D eigenvalue weighted by molar-refractivity contribution is 0.0562. The summed E-state index contributed by atoms with van der Waals surface area (Å²) in [5.74, 6) is 1.74. The molecular formula is C29H35ClN8O7S. The van der Waals surface area contributed by atoms with E-state index in [0.717, 1.165) is 19.3 Å². The maximum atomic E-state index is 12.7. The summed E-state index contributed by atoms with van der Waals surface area (Å²) in [7, 11) is -1.53. The first kappa shape index (κ1) is 34.5. The van der Waals surface area contributed by atoms with Gasteiger partial charge in [0.2, 0.25) is 10.0 Å². The number of amides is 2. The predicted octanol–water partition coefficient (Wildman–Crippen LogP) is 4.45. The average Bonchev–Trinajstić information content (AvgIpc) is 3.65. The van der Waals surface area contributed by atoms with E-state index in [1.165, 1.54) is 4.90 Å². The Morgan fingerprint density at radius 1 is 0.978 bits per heavy atom. The Morgan fingerprint density at radius 2 is 1.54 bits per heavy atom. The van der Waals surface area contributed by atoms with Gasteiger partial charge in [0.25, 0.3) is 11.8 Å². The molecule has 4 aromatic rings. The molecule has 2 N–H and O–H groups in total. The molecule has 0 saturated carbocycles. The quantitative estimate of drug-likeness (QED) is 0.188. The molecule has 2 aromatic heterocycles. The summed E-state index contributed by atoms with van der Waals surface area (Å²) in [6.07, 6.45) is 1.91. The first-order chi connectivity index (χ1) is 21.9. The van der Waals surface area contributed by atoms with Crippen LogP contribution in [-0.4, -0.2) is 90.6 Å². The van der Waals surface area contributed by atoms with E-state index in [9.17, 15) is 18.0 Å². The number of hydrogen-bond acceptors (Lipinski definition) is 12. The molecule has 1 aliphatic heterocycles. The lowest BCUT2D eigenvalue weighted by Crippen LogP contribution is -2.42. The summed E-state index contributed by atoms with van der Waals surface area (Å²) in [5.41, 5.74) is 2.45. The fraction of sp³-hybridized carbons (Fsp3) is 0.379. The molecule has 246 valence electrons. The Hall–Kier alpha value is -4.38. The molecule has 0 bridgehead atoms. The first-order valence-corrected chi connectivity index (χ1v) is 16.5. The molecule has 1 saturated heterocycles. The van der Waals surface area contributed by atoms with E-state index in [2.05, 4.69) is 35.2 Å². The average molecular weight is 675 g/mol. The molecule has 0 radical (unpaired) electrons. The number of nitrogens with one attached hydrogen (secondary N) is 2. The normalized spacial score (nSPS) is 13.8. The third-order valence-corrected chi connectivity index (χ3v) is 7.63. The molecule has 17 heteroatoms. The monoisotopic (exact) mass is 674 g/mol. The Kier molecular flexibility index (Phi) is 11.8. The summed E-state index contributed by atoms with van der Waals surface area (Å²) >= 11 is 5.26. The fourth-order valence-electron chi connectivity index (χ4n) is 4.60. The van der Waals surface area contributed by atoms with Crippen LogP contribution in [0.5, 0.6) is 0 Å². The van der Waals surface area contributed by atoms with Gasteiger partial charge in [0.1, 0.15) is 6.10 Å². The zero-order chi connectivity index (χ0) is 33.3. The summed E-state index contributed by atoms with van der Waals surface area (Å²) < 4.78 is 40.7. The van der Waals surface area contributed by atoms with Gasteiger partial charge in [-0.05, 0) is 62.6 Å². The van der Waals surface area contributed by atoms with Gasteiger partial charge in [0, 0.05) is 33.2 Å². The summed E-state index contributed by atoms with van der Waals surface area (Å²) in [6, 6.07) is 14.3. The molecule has 1 aliphatic rings. The summed E-state index contributed by atoms with van der Waals surface area (Å²) in [5, 5.41) is 9.31. The van der Waals surface area contributed by atoms with E-state index in [-0.39, 0.29) is 6.10 Å². The summed E-state index contributed by atoms with van der Waals surface area (Å²) in [4.78, 5) is 35.4. The molecule has 5 rings (SSSR count). The molecular weight excluding hydrogens is 640 g/mol. The third kappa shape index (κ3) is 10.1. The second-order valence-corrected chi connectivity index (χ2v) is 12.6. The zero-order valence-electron chi connectivity index (χ0n) is 25.8. The van der Waals surface area contributed by atoms with Gasteiger partial charge < -0.3 is 24.0 Å². The van der Waals surface area contributed by atoms with Crippen LogP contribution in [0.1, 0.15) is 24.5 Å². The first-order valence-electron chi connectivity index (χ1n) is 14.3. The second kappa shape index (κ2) is 15.8. The SMILES string of the molecule is Cc1noc(-c2ccccc2N(C)C(=O)OC2CCN(CCNS(C)(=O)=O)CC2)n1.Cc1noc(-c2ccccc2NC(=O)Cl)n1. The number of aryl methyl sites for hydroxylation is 2. The van der Waals surface area contributed by atoms with Gasteiger partial charge in [-0.15, -0.1) is 0 Å². The Bertz CT molecular complexity index is 1740. The maximum absolute atomic E-state index is 12.7. The number of anilines is 2. The van der Waals surface area contributed by atoms with Crippen molar-refractivity contribution in [2.45, 2.75) is 32.8 Å². The van der Waals surface area contributed by atoms with E-state index in [4.69, 9.17) is 25.4 Å². The van der Waals surface area contributed by atoms with Crippen LogP contribution in [0.25, 0.3) is 22.9 Å². The number of nitrogens with zero attached hydrogens (tertiary/aromatic N) is 6. The molecule has 3 heterocycles. The van der Waals surface area contributed by atoms with E-state index in [1.54, 1.807) is 51.2 Å². The number of halogens is 1. The van der Waals surface area contributed by atoms with Crippen molar-refractivity contribution in [3.8, 4) is 22.9 Å². The van der Waals surface area contributed by atoms with Crippen LogP contribution in [0.3, 0.4) is 0 Å². The largest absolute Gasteiger partial charge is 0.446 e. The number of benzene rings is 2. The van der Waals surface area contributed by atoms with Gasteiger partial charge in [0.15, 0.2) is 11.6 Å². The number of rotatable bonds is 9. The van der Waals surface area contributed by atoms with Crippen molar-refractivity contribution in [1.29, 1.82) is 0 Å². The van der Waals surface area contributed by atoms with Gasteiger partial charge >= 0.3 is 11.5 Å². The van der Waals surface area contributed by atoms with Crippen molar-refractivity contribution in [1.82, 2.24) is 29.9 Å². The lowest BCUT2D eigenvalue weighted by atomic mass is 10.1. The van der Waals surface area contributed by atoms with Gasteiger partial charge in [-0.25, -0.2) is 17.9 Å². The van der Waals surface area contributed by atoms with Crippen LogP contribution in [0, 0.1) is 13.8 Å². The van der Waals surface area contributed by atoms with Gasteiger partial charge in [-0.3, -0.25) is 9.69 Å². The number of sulfonamides is 1. The Morgan fingerprint density at radius 3 is 2.11 bits per heavy atom. The van der Waals surface area contributed by atoms with Crippen LogP contribution in [0.15, 0.2) is 57.6 Å². The number of carbonyl (C=O) groups excluding carboxylic acids is 2. The highest BCUT2D eigenvalue weighted by atomic mass is 35.5. The minimum atomic E-state index is -3.18. The van der Waals surface area contributed by atoms with Crippen molar-refractivity contribution in [2.75, 3.05) is 49.7 Å². The zero-order valence-corrected chi connectivity index (χ0v) is 27.3. The number of piperidine rings is 1. The number of aromatic nitrogens is 4. The highest BCUT2D eigenvalue weighted by Crippen LogP contribution is 2.30. The van der Waals surface area contributed by atoms with Crippen molar-refractivity contribution in [2.24, 2.45) is 0 Å². The number of likely N-dealkylation sites (tertiary alicyclic amines) is 1. The van der Waals surface area contributed by atoms with Crippen molar-refractivity contribution in [3.05, 3.63) is 60.2 Å². The molecule has 0 unspecified atom stereocenters. The molecule has 15 nitrogen and oxygen atoms in total. The van der Waals surface area contributed by atoms with Gasteiger partial charge in [-0.2, -0.15) is 9.97 Å². The number of ether oxygens (including phenoxy) is 1. The maximum Gasteiger partial charge on any atom is 0.414 e. The van der Waals surface area contributed by atoms with E-state index >= 15 is 0 Å². The smallest absolute Gasteiger partial charge is 0.414 e. The van der Waals surface area contributed by atoms with Crippen LogP contribution in [-0.2, 0) is 14.8 Å². The molecule has 1 fully saturated rings. The van der Waals surface area contributed by atoms with Crippen molar-refractivity contribution in [3.63, 3.8) is 0 Å². The van der Waals surface area contributed by atoms with Crippen LogP contribution in [0.4, 0.5) is 21.0 Å². The Balaban J connectivity index is 0.000000252. The summed E-state index contributed by atoms with van der Waals surface area (Å²) in [6.45, 7) is 5.94. The molecule has 0 spiro atoms. The number of carbonyl (C=O) groups is 2. The van der Waals surface area contributed by atoms with E-state index < -0.39 is 21.5 Å². The number of para-hydroxylation sites is 2. The molecule has 46 heavy (non-hydrogen) atoms. The third-order valence-electron chi connectivity index (χ3n) is 6.81. The molecule has 0 atom stereocenters. The minimum Gasteiger partial charge on any atom is -0.446 e. The van der Waals surface area contributed by atoms with Crippen LogP contribution in [0.2, 0.25) is 0 Å². The number of hydrogen-bond donors (Lipinski definition) is 2. The highest BCUT2D eigenvalue weighted by molar-refractivity contribution is 7.88. The van der Waals surface area contributed by atoms with E-state index in [0.29, 0.717) is 71.9 Å². The Labute approximate surface area is 271 Å². The minimum absolute atomic E-state index is 0.183. The van der Waals surface area contributed by atoms with Gasteiger partial charge in [-0.1, -0.05) is 34.6 Å². The molecule has 2 amide bonds. The lowest BCUT2D eigenvalue weighted by Gasteiger charge is -2.32. The standard InChI is InChI=1S/C19H27N5O5S.C10H8ClN3O2/c1-14-21-18(29-22-14)16-6-4-5-7-17(16)23(2)19(25)28-15-8-11-24(12-9-15)13-10-20-30(3,26)27;1-6-12-9(16-14-6)7-4-2-3-5-8(7)13-10(11)15/h4-7,15,20H,8-13H2,1-3H3;2-5H,1H3,(H,13,15). The van der Waals surface area contributed by atoms with E-state index in [1.807, 2.05) is 18.2 Å². The molecule has 0 aliphatic carbocycles. The fourth-order valence-corrected chi connectivity index (χ4v) is 5.17.